The number of halogens is 1. The van der Waals surface area contributed by atoms with Crippen LogP contribution in [0.4, 0.5) is 4.39 Å². The largest absolute Gasteiger partial charge is 0.493 e. The number of ether oxygens (including phenoxy) is 2. The molecule has 5 nitrogen and oxygen atoms in total. The van der Waals surface area contributed by atoms with E-state index in [1.54, 1.807) is 13.3 Å². The Kier molecular flexibility index (Phi) is 6.48. The van der Waals surface area contributed by atoms with Crippen LogP contribution in [-0.2, 0) is 13.0 Å². The minimum Gasteiger partial charge on any atom is -0.493 e. The average molecular weight is 461 g/mol. The summed E-state index contributed by atoms with van der Waals surface area (Å²) < 4.78 is 24.9. The molecule has 3 aromatic rings. The molecule has 0 bridgehead atoms. The Labute approximate surface area is 199 Å². The Morgan fingerprint density at radius 2 is 1.91 bits per heavy atom. The number of amides is 1. The Bertz CT molecular complexity index is 1140. The molecule has 176 valence electrons. The summed E-state index contributed by atoms with van der Waals surface area (Å²) >= 11 is 0. The highest BCUT2D eigenvalue weighted by Gasteiger charge is 2.44. The zero-order valence-corrected chi connectivity index (χ0v) is 19.3. The number of hydrogen-bond donors (Lipinski definition) is 0. The van der Waals surface area contributed by atoms with Crippen molar-refractivity contribution in [2.45, 2.75) is 25.9 Å². The molecule has 0 spiro atoms. The molecule has 3 atom stereocenters. The lowest BCUT2D eigenvalue weighted by Crippen LogP contribution is -2.31. The number of likely N-dealkylation sites (tertiary alicyclic amines) is 1. The van der Waals surface area contributed by atoms with Gasteiger partial charge in [-0.1, -0.05) is 24.3 Å². The molecular weight excluding hydrogens is 431 g/mol. The predicted octanol–water partition coefficient (Wildman–Crippen LogP) is 5.15. The van der Waals surface area contributed by atoms with Crippen LogP contribution >= 0.6 is 0 Å². The van der Waals surface area contributed by atoms with E-state index in [0.717, 1.165) is 43.6 Å². The SMILES string of the molecule is COc1cccc(C(=O)N2C[C@H]3CC[C@H](Cc4ccc(F)cc4)[C@H]3C2)c1OCc1ccccn1. The highest BCUT2D eigenvalue weighted by Crippen LogP contribution is 2.44. The van der Waals surface area contributed by atoms with Gasteiger partial charge in [0.25, 0.3) is 5.91 Å². The van der Waals surface area contributed by atoms with Gasteiger partial charge in [0.15, 0.2) is 11.5 Å². The van der Waals surface area contributed by atoms with E-state index in [4.69, 9.17) is 9.47 Å². The molecule has 1 aromatic heterocycles. The van der Waals surface area contributed by atoms with Gasteiger partial charge in [-0.05, 0) is 79.0 Å². The molecule has 6 heteroatoms. The van der Waals surface area contributed by atoms with Crippen LogP contribution in [0.1, 0.15) is 34.5 Å². The highest BCUT2D eigenvalue weighted by molar-refractivity contribution is 5.98. The van der Waals surface area contributed by atoms with E-state index in [0.29, 0.717) is 34.8 Å². The predicted molar refractivity (Wildman–Crippen MR) is 127 cm³/mol. The summed E-state index contributed by atoms with van der Waals surface area (Å²) in [6, 6.07) is 17.9. The quantitative estimate of drug-likeness (QED) is 0.489. The summed E-state index contributed by atoms with van der Waals surface area (Å²) in [6.45, 7) is 1.76. The lowest BCUT2D eigenvalue weighted by molar-refractivity contribution is 0.0770. The van der Waals surface area contributed by atoms with Gasteiger partial charge in [-0.25, -0.2) is 4.39 Å². The molecule has 2 heterocycles. The Balaban J connectivity index is 1.30. The van der Waals surface area contributed by atoms with Gasteiger partial charge in [0.1, 0.15) is 12.4 Å². The summed E-state index contributed by atoms with van der Waals surface area (Å²) in [7, 11) is 1.58. The molecule has 0 unspecified atom stereocenters. The van der Waals surface area contributed by atoms with Crippen molar-refractivity contribution < 1.29 is 18.7 Å². The fourth-order valence-corrected chi connectivity index (χ4v) is 5.51. The van der Waals surface area contributed by atoms with Crippen LogP contribution < -0.4 is 9.47 Å². The average Bonchev–Trinajstić information content (AvgIpc) is 3.46. The Morgan fingerprint density at radius 3 is 2.68 bits per heavy atom. The number of fused-ring (bicyclic) bond motifs is 1. The molecule has 34 heavy (non-hydrogen) atoms. The molecule has 1 saturated heterocycles. The van der Waals surface area contributed by atoms with Crippen molar-refractivity contribution in [3.05, 3.63) is 89.5 Å². The second-order valence-electron chi connectivity index (χ2n) is 9.25. The van der Waals surface area contributed by atoms with Gasteiger partial charge in [-0.2, -0.15) is 0 Å². The van der Waals surface area contributed by atoms with Crippen molar-refractivity contribution in [3.8, 4) is 11.5 Å². The van der Waals surface area contributed by atoms with Crippen LogP contribution in [-0.4, -0.2) is 36.0 Å². The lowest BCUT2D eigenvalue weighted by Gasteiger charge is -2.22. The number of para-hydroxylation sites is 1. The van der Waals surface area contributed by atoms with E-state index in [1.165, 1.54) is 12.1 Å². The molecule has 1 aliphatic carbocycles. The van der Waals surface area contributed by atoms with Crippen molar-refractivity contribution >= 4 is 5.91 Å². The fraction of sp³-hybridized carbons (Fsp3) is 0.357. The highest BCUT2D eigenvalue weighted by atomic mass is 19.1. The monoisotopic (exact) mass is 460 g/mol. The number of rotatable bonds is 7. The molecule has 2 aromatic carbocycles. The zero-order chi connectivity index (χ0) is 23.5. The molecule has 0 radical (unpaired) electrons. The summed E-state index contributed by atoms with van der Waals surface area (Å²) in [6.07, 6.45) is 4.94. The number of pyridine rings is 1. The molecule has 1 saturated carbocycles. The first-order valence-corrected chi connectivity index (χ1v) is 11.9. The third kappa shape index (κ3) is 4.63. The third-order valence-electron chi connectivity index (χ3n) is 7.22. The third-order valence-corrected chi connectivity index (χ3v) is 7.22. The number of benzene rings is 2. The van der Waals surface area contributed by atoms with E-state index in [9.17, 15) is 9.18 Å². The van der Waals surface area contributed by atoms with Crippen molar-refractivity contribution in [2.75, 3.05) is 20.2 Å². The molecule has 0 N–H and O–H groups in total. The lowest BCUT2D eigenvalue weighted by atomic mass is 9.87. The van der Waals surface area contributed by atoms with Gasteiger partial charge in [-0.15, -0.1) is 0 Å². The van der Waals surface area contributed by atoms with E-state index in [2.05, 4.69) is 4.98 Å². The van der Waals surface area contributed by atoms with Gasteiger partial charge < -0.3 is 14.4 Å². The Morgan fingerprint density at radius 1 is 1.06 bits per heavy atom. The van der Waals surface area contributed by atoms with Crippen LogP contribution in [0.3, 0.4) is 0 Å². The smallest absolute Gasteiger partial charge is 0.257 e. The van der Waals surface area contributed by atoms with Crippen LogP contribution in [0.15, 0.2) is 66.9 Å². The maximum atomic E-state index is 13.6. The van der Waals surface area contributed by atoms with E-state index in [1.807, 2.05) is 53.4 Å². The van der Waals surface area contributed by atoms with Crippen molar-refractivity contribution in [2.24, 2.45) is 17.8 Å². The topological polar surface area (TPSA) is 51.7 Å². The normalized spacial score (nSPS) is 21.4. The van der Waals surface area contributed by atoms with Gasteiger partial charge >= 0.3 is 0 Å². The first-order valence-electron chi connectivity index (χ1n) is 11.9. The van der Waals surface area contributed by atoms with E-state index < -0.39 is 0 Å². The summed E-state index contributed by atoms with van der Waals surface area (Å²) in [5, 5.41) is 0. The van der Waals surface area contributed by atoms with Gasteiger partial charge in [0.2, 0.25) is 0 Å². The van der Waals surface area contributed by atoms with Crippen molar-refractivity contribution in [3.63, 3.8) is 0 Å². The molecule has 1 amide bonds. The number of nitrogens with zero attached hydrogens (tertiary/aromatic N) is 2. The van der Waals surface area contributed by atoms with E-state index >= 15 is 0 Å². The number of carbonyl (C=O) groups excluding carboxylic acids is 1. The van der Waals surface area contributed by atoms with Gasteiger partial charge in [0.05, 0.1) is 18.4 Å². The second-order valence-corrected chi connectivity index (χ2v) is 9.25. The fourth-order valence-electron chi connectivity index (χ4n) is 5.51. The van der Waals surface area contributed by atoms with Crippen molar-refractivity contribution in [1.29, 1.82) is 0 Å². The van der Waals surface area contributed by atoms with Gasteiger partial charge in [0, 0.05) is 19.3 Å². The summed E-state index contributed by atoms with van der Waals surface area (Å²) in [5.74, 6) is 2.26. The first-order chi connectivity index (χ1) is 16.6. The minimum absolute atomic E-state index is 0.0233. The van der Waals surface area contributed by atoms with Crippen LogP contribution in [0.25, 0.3) is 0 Å². The molecule has 2 aliphatic rings. The zero-order valence-electron chi connectivity index (χ0n) is 19.3. The number of carbonyl (C=O) groups is 1. The number of aromatic nitrogens is 1. The molecule has 5 rings (SSSR count). The maximum absolute atomic E-state index is 13.6. The summed E-state index contributed by atoms with van der Waals surface area (Å²) in [4.78, 5) is 19.9. The van der Waals surface area contributed by atoms with Crippen LogP contribution in [0.5, 0.6) is 11.5 Å². The van der Waals surface area contributed by atoms with Crippen molar-refractivity contribution in [1.82, 2.24) is 9.88 Å². The Hall–Kier alpha value is -3.41. The number of hydrogen-bond acceptors (Lipinski definition) is 4. The van der Waals surface area contributed by atoms with E-state index in [-0.39, 0.29) is 18.3 Å². The molecular formula is C28H29FN2O3. The van der Waals surface area contributed by atoms with Crippen LogP contribution in [0.2, 0.25) is 0 Å². The summed E-state index contributed by atoms with van der Waals surface area (Å²) in [5.41, 5.74) is 2.46. The maximum Gasteiger partial charge on any atom is 0.257 e. The molecule has 1 aliphatic heterocycles. The standard InChI is InChI=1S/C28H29FN2O3/c1-33-26-7-4-6-24(27(26)34-18-23-5-2-3-14-30-23)28(32)31-16-21-11-10-20(25(21)17-31)15-19-8-12-22(29)13-9-19/h2-9,12-14,20-21,25H,10-11,15-18H2,1H3/t20-,21-,25-/m1/s1. The number of methoxy groups -OCH3 is 1. The second kappa shape index (κ2) is 9.84. The van der Waals surface area contributed by atoms with Gasteiger partial charge in [-0.3, -0.25) is 9.78 Å². The molecule has 2 fully saturated rings. The van der Waals surface area contributed by atoms with Crippen LogP contribution in [0, 0.1) is 23.6 Å². The first kappa shape index (κ1) is 22.4. The minimum atomic E-state index is -0.204.